The van der Waals surface area contributed by atoms with E-state index in [2.05, 4.69) is 50.1 Å². The summed E-state index contributed by atoms with van der Waals surface area (Å²) in [4.78, 5) is 0. The Morgan fingerprint density at radius 3 is 2.45 bits per heavy atom. The molecule has 0 bridgehead atoms. The van der Waals surface area contributed by atoms with E-state index in [1.54, 1.807) is 0 Å². The van der Waals surface area contributed by atoms with E-state index < -0.39 is 0 Å². The fraction of sp³-hybridized carbons (Fsp3) is 0.250. The maximum Gasteiger partial charge on any atom is 0.0452 e. The highest BCUT2D eigenvalue weighted by Gasteiger charge is 2.12. The van der Waals surface area contributed by atoms with Gasteiger partial charge in [-0.1, -0.05) is 73.3 Å². The molecule has 1 unspecified atom stereocenters. The second-order valence-corrected chi connectivity index (χ2v) is 7.20. The lowest BCUT2D eigenvalue weighted by atomic mass is 9.94. The third kappa shape index (κ3) is 4.77. The maximum atomic E-state index is 6.25. The summed E-state index contributed by atoms with van der Waals surface area (Å²) in [6, 6.07) is 14.2. The molecule has 0 aromatic heterocycles. The van der Waals surface area contributed by atoms with E-state index in [4.69, 9.17) is 23.2 Å². The third-order valence-corrected chi connectivity index (χ3v) is 5.15. The first-order valence-electron chi connectivity index (χ1n) is 6.33. The molecule has 0 saturated carbocycles. The number of benzene rings is 2. The standard InChI is InChI=1S/C16H14Br2Cl2/c17-10-12(6-11-2-1-3-14(18)8-11)7-13-4-5-15(19)9-16(13)20/h1-5,8-9,12H,6-7,10H2. The Labute approximate surface area is 146 Å². The van der Waals surface area contributed by atoms with Gasteiger partial charge in [0.25, 0.3) is 0 Å². The first kappa shape index (κ1) is 16.4. The predicted octanol–water partition coefficient (Wildman–Crippen LogP) is 6.55. The summed E-state index contributed by atoms with van der Waals surface area (Å²) >= 11 is 19.3. The van der Waals surface area contributed by atoms with Crippen LogP contribution in [0.4, 0.5) is 0 Å². The molecule has 1 atom stereocenters. The minimum absolute atomic E-state index is 0.503. The molecule has 0 aliphatic carbocycles. The average molecular weight is 437 g/mol. The fourth-order valence-corrected chi connectivity index (χ4v) is 3.57. The van der Waals surface area contributed by atoms with Crippen molar-refractivity contribution in [3.63, 3.8) is 0 Å². The molecule has 0 N–H and O–H groups in total. The van der Waals surface area contributed by atoms with Gasteiger partial charge in [0.2, 0.25) is 0 Å². The molecule has 0 fully saturated rings. The van der Waals surface area contributed by atoms with Gasteiger partial charge in [-0.25, -0.2) is 0 Å². The summed E-state index contributed by atoms with van der Waals surface area (Å²) in [5.41, 5.74) is 2.48. The van der Waals surface area contributed by atoms with Gasteiger partial charge < -0.3 is 0 Å². The molecule has 0 nitrogen and oxygen atoms in total. The van der Waals surface area contributed by atoms with Gasteiger partial charge in [0.1, 0.15) is 0 Å². The van der Waals surface area contributed by atoms with Gasteiger partial charge in [0.15, 0.2) is 0 Å². The minimum atomic E-state index is 0.503. The Bertz CT molecular complexity index is 584. The third-order valence-electron chi connectivity index (χ3n) is 3.16. The molecular weight excluding hydrogens is 423 g/mol. The van der Waals surface area contributed by atoms with E-state index in [9.17, 15) is 0 Å². The van der Waals surface area contributed by atoms with E-state index in [-0.39, 0.29) is 0 Å². The molecule has 4 heteroatoms. The molecule has 2 aromatic carbocycles. The summed E-state index contributed by atoms with van der Waals surface area (Å²) in [5, 5.41) is 2.37. The SMILES string of the molecule is Clc1ccc(CC(CBr)Cc2cccc(Br)c2)c(Cl)c1. The van der Waals surface area contributed by atoms with Crippen molar-refractivity contribution in [2.45, 2.75) is 12.8 Å². The summed E-state index contributed by atoms with van der Waals surface area (Å²) in [6.07, 6.45) is 1.96. The molecule has 0 radical (unpaired) electrons. The maximum absolute atomic E-state index is 6.25. The Morgan fingerprint density at radius 2 is 1.80 bits per heavy atom. The topological polar surface area (TPSA) is 0 Å². The Kier molecular flexibility index (Phi) is 6.41. The number of hydrogen-bond donors (Lipinski definition) is 0. The highest BCUT2D eigenvalue weighted by Crippen LogP contribution is 2.26. The monoisotopic (exact) mass is 434 g/mol. The highest BCUT2D eigenvalue weighted by molar-refractivity contribution is 9.10. The van der Waals surface area contributed by atoms with E-state index in [0.29, 0.717) is 10.9 Å². The van der Waals surface area contributed by atoms with Gasteiger partial charge in [-0.15, -0.1) is 0 Å². The van der Waals surface area contributed by atoms with Crippen LogP contribution < -0.4 is 0 Å². The molecule has 2 aromatic rings. The van der Waals surface area contributed by atoms with E-state index in [0.717, 1.165) is 33.2 Å². The van der Waals surface area contributed by atoms with E-state index >= 15 is 0 Å². The summed E-state index contributed by atoms with van der Waals surface area (Å²) in [5.74, 6) is 0.503. The molecule has 0 amide bonds. The molecule has 0 saturated heterocycles. The zero-order valence-electron chi connectivity index (χ0n) is 10.8. The van der Waals surface area contributed by atoms with Crippen LogP contribution in [-0.2, 0) is 12.8 Å². The molecule has 0 spiro atoms. The largest absolute Gasteiger partial charge is 0.0925 e. The fourth-order valence-electron chi connectivity index (χ4n) is 2.18. The average Bonchev–Trinajstić information content (AvgIpc) is 2.41. The van der Waals surface area contributed by atoms with Crippen LogP contribution in [0, 0.1) is 5.92 Å². The van der Waals surface area contributed by atoms with Gasteiger partial charge in [-0.3, -0.25) is 0 Å². The lowest BCUT2D eigenvalue weighted by Crippen LogP contribution is -2.10. The van der Waals surface area contributed by atoms with Crippen LogP contribution >= 0.6 is 55.1 Å². The van der Waals surface area contributed by atoms with Gasteiger partial charge in [0.05, 0.1) is 0 Å². The van der Waals surface area contributed by atoms with Crippen molar-refractivity contribution in [1.29, 1.82) is 0 Å². The number of hydrogen-bond acceptors (Lipinski definition) is 0. The highest BCUT2D eigenvalue weighted by atomic mass is 79.9. The Balaban J connectivity index is 2.09. The van der Waals surface area contributed by atoms with E-state index in [1.165, 1.54) is 5.56 Å². The van der Waals surface area contributed by atoms with Crippen molar-refractivity contribution >= 4 is 55.1 Å². The van der Waals surface area contributed by atoms with Gasteiger partial charge >= 0.3 is 0 Å². The van der Waals surface area contributed by atoms with Crippen LogP contribution in [0.1, 0.15) is 11.1 Å². The lowest BCUT2D eigenvalue weighted by molar-refractivity contribution is 0.591. The van der Waals surface area contributed by atoms with E-state index in [1.807, 2.05) is 24.3 Å². The molecule has 106 valence electrons. The molecule has 0 aliphatic heterocycles. The van der Waals surface area contributed by atoms with Crippen LogP contribution in [-0.4, -0.2) is 5.33 Å². The second-order valence-electron chi connectivity index (χ2n) is 4.79. The van der Waals surface area contributed by atoms with Crippen molar-refractivity contribution in [2.24, 2.45) is 5.92 Å². The molecule has 20 heavy (non-hydrogen) atoms. The molecule has 0 aliphatic rings. The molecule has 2 rings (SSSR count). The van der Waals surface area contributed by atoms with Crippen LogP contribution in [0.15, 0.2) is 46.9 Å². The van der Waals surface area contributed by atoms with Crippen LogP contribution in [0.2, 0.25) is 10.0 Å². The summed E-state index contributed by atoms with van der Waals surface area (Å²) in [6.45, 7) is 0. The Hall–Kier alpha value is -0.0200. The van der Waals surface area contributed by atoms with Crippen molar-refractivity contribution < 1.29 is 0 Å². The lowest BCUT2D eigenvalue weighted by Gasteiger charge is -2.15. The van der Waals surface area contributed by atoms with Crippen molar-refractivity contribution in [3.8, 4) is 0 Å². The number of halogens is 4. The zero-order chi connectivity index (χ0) is 14.5. The Morgan fingerprint density at radius 1 is 1.00 bits per heavy atom. The van der Waals surface area contributed by atoms with Gasteiger partial charge in [0, 0.05) is 19.8 Å². The second kappa shape index (κ2) is 7.84. The summed E-state index contributed by atoms with van der Waals surface area (Å²) in [7, 11) is 0. The van der Waals surface area contributed by atoms with Gasteiger partial charge in [-0.2, -0.15) is 0 Å². The molecular formula is C16H14Br2Cl2. The minimum Gasteiger partial charge on any atom is -0.0925 e. The number of rotatable bonds is 5. The predicted molar refractivity (Wildman–Crippen MR) is 95.3 cm³/mol. The normalized spacial score (nSPS) is 12.4. The smallest absolute Gasteiger partial charge is 0.0452 e. The summed E-state index contributed by atoms with van der Waals surface area (Å²) < 4.78 is 1.12. The quantitative estimate of drug-likeness (QED) is 0.466. The molecule has 0 heterocycles. The first-order valence-corrected chi connectivity index (χ1v) is 9.00. The number of alkyl halides is 1. The van der Waals surface area contributed by atoms with Crippen molar-refractivity contribution in [2.75, 3.05) is 5.33 Å². The van der Waals surface area contributed by atoms with Crippen molar-refractivity contribution in [3.05, 3.63) is 68.1 Å². The van der Waals surface area contributed by atoms with Crippen molar-refractivity contribution in [1.82, 2.24) is 0 Å². The van der Waals surface area contributed by atoms with Crippen LogP contribution in [0.25, 0.3) is 0 Å². The van der Waals surface area contributed by atoms with Gasteiger partial charge in [-0.05, 0) is 54.2 Å². The first-order chi connectivity index (χ1) is 9.58. The van der Waals surface area contributed by atoms with Crippen LogP contribution in [0.5, 0.6) is 0 Å². The zero-order valence-corrected chi connectivity index (χ0v) is 15.4. The van der Waals surface area contributed by atoms with Crippen LogP contribution in [0.3, 0.4) is 0 Å².